The molecule has 0 fully saturated rings. The fourth-order valence-corrected chi connectivity index (χ4v) is 4.68. The molecule has 1 aliphatic heterocycles. The zero-order valence-electron chi connectivity index (χ0n) is 22.5. The summed E-state index contributed by atoms with van der Waals surface area (Å²) in [6.07, 6.45) is 3.84. The predicted octanol–water partition coefficient (Wildman–Crippen LogP) is 4.23. The number of carbonyl (C=O) groups is 2. The average molecular weight is 585 g/mol. The number of nitrogens with zero attached hydrogens (tertiary/aromatic N) is 4. The van der Waals surface area contributed by atoms with Crippen LogP contribution in [0.1, 0.15) is 21.8 Å². The Hall–Kier alpha value is -5.16. The van der Waals surface area contributed by atoms with E-state index in [0.29, 0.717) is 51.7 Å². The highest BCUT2D eigenvalue weighted by Crippen LogP contribution is 2.33. The van der Waals surface area contributed by atoms with E-state index in [1.54, 1.807) is 42.6 Å². The van der Waals surface area contributed by atoms with Crippen molar-refractivity contribution in [2.24, 2.45) is 0 Å². The van der Waals surface area contributed by atoms with Gasteiger partial charge in [0.1, 0.15) is 5.82 Å². The molecule has 0 unspecified atom stereocenters. The number of ether oxygens (including phenoxy) is 2. The average Bonchev–Trinajstić information content (AvgIpc) is 3.69. The molecule has 0 saturated carbocycles. The van der Waals surface area contributed by atoms with Crippen LogP contribution in [0.5, 0.6) is 11.5 Å². The van der Waals surface area contributed by atoms with Gasteiger partial charge in [-0.3, -0.25) is 14.2 Å². The molecule has 212 valence electrons. The number of imidazole rings is 1. The highest BCUT2D eigenvalue weighted by atomic mass is 35.5. The highest BCUT2D eigenvalue weighted by molar-refractivity contribution is 6.30. The van der Waals surface area contributed by atoms with Crippen molar-refractivity contribution in [1.29, 1.82) is 0 Å². The van der Waals surface area contributed by atoms with Crippen molar-refractivity contribution >= 4 is 23.4 Å². The van der Waals surface area contributed by atoms with Crippen molar-refractivity contribution < 1.29 is 23.6 Å². The van der Waals surface area contributed by atoms with Gasteiger partial charge in [-0.05, 0) is 66.2 Å². The van der Waals surface area contributed by atoms with Crippen molar-refractivity contribution in [3.63, 3.8) is 0 Å². The minimum absolute atomic E-state index is 0.198. The van der Waals surface area contributed by atoms with E-state index in [-0.39, 0.29) is 31.5 Å². The fourth-order valence-electron chi connectivity index (χ4n) is 4.55. The van der Waals surface area contributed by atoms with Gasteiger partial charge in [-0.15, -0.1) is 0 Å². The van der Waals surface area contributed by atoms with Crippen molar-refractivity contribution in [1.82, 2.24) is 30.3 Å². The van der Waals surface area contributed by atoms with Crippen LogP contribution in [0, 0.1) is 0 Å². The number of rotatable bonds is 6. The molecule has 2 aromatic heterocycles. The minimum Gasteiger partial charge on any atom is -0.493 e. The van der Waals surface area contributed by atoms with E-state index < -0.39 is 0 Å². The lowest BCUT2D eigenvalue weighted by atomic mass is 10.1. The number of fused-ring (bicyclic) bond motifs is 7. The second-order valence-electron chi connectivity index (χ2n) is 9.46. The maximum absolute atomic E-state index is 13.3. The summed E-state index contributed by atoms with van der Waals surface area (Å²) in [7, 11) is 1.54. The third kappa shape index (κ3) is 5.81. The summed E-state index contributed by atoms with van der Waals surface area (Å²) in [5.41, 5.74) is 3.40. The largest absolute Gasteiger partial charge is 0.493 e. The summed E-state index contributed by atoms with van der Waals surface area (Å²) in [5, 5.41) is 10.4. The summed E-state index contributed by atoms with van der Waals surface area (Å²) in [5.74, 6) is 1.80. The molecule has 5 aromatic rings. The number of methoxy groups -OCH3 is 1. The van der Waals surface area contributed by atoms with Gasteiger partial charge < -0.3 is 24.6 Å². The van der Waals surface area contributed by atoms with Crippen LogP contribution >= 0.6 is 11.6 Å². The molecule has 0 radical (unpaired) electrons. The third-order valence-electron chi connectivity index (χ3n) is 6.62. The number of carbonyl (C=O) groups excluding carboxylic acids is 2. The Kier molecular flexibility index (Phi) is 7.56. The molecular weight excluding hydrogens is 560 g/mol. The van der Waals surface area contributed by atoms with Gasteiger partial charge in [-0.1, -0.05) is 16.8 Å². The molecule has 0 saturated heterocycles. The molecule has 2 amide bonds. The second kappa shape index (κ2) is 11.8. The number of hydrogen-bond acceptors (Lipinski definition) is 8. The van der Waals surface area contributed by atoms with Crippen LogP contribution in [0.3, 0.4) is 0 Å². The second-order valence-corrected chi connectivity index (χ2v) is 9.90. The van der Waals surface area contributed by atoms with Gasteiger partial charge in [-0.25, -0.2) is 4.98 Å². The molecule has 42 heavy (non-hydrogen) atoms. The molecule has 1 aliphatic rings. The van der Waals surface area contributed by atoms with Gasteiger partial charge >= 0.3 is 0 Å². The quantitative estimate of drug-likeness (QED) is 0.303. The molecule has 12 heteroatoms. The Balaban J connectivity index is 1.23. The summed E-state index contributed by atoms with van der Waals surface area (Å²) >= 11 is 5.95. The molecule has 0 atom stereocenters. The zero-order valence-corrected chi connectivity index (χ0v) is 23.2. The lowest BCUT2D eigenvalue weighted by Gasteiger charge is -2.13. The van der Waals surface area contributed by atoms with Gasteiger partial charge in [-0.2, -0.15) is 4.98 Å². The molecule has 6 rings (SSSR count). The molecule has 2 N–H and O–H groups in total. The molecule has 11 nitrogen and oxygen atoms in total. The Bertz CT molecular complexity index is 1760. The van der Waals surface area contributed by atoms with Crippen molar-refractivity contribution in [2.45, 2.75) is 13.0 Å². The van der Waals surface area contributed by atoms with Crippen LogP contribution in [0.4, 0.5) is 0 Å². The Morgan fingerprint density at radius 2 is 1.95 bits per heavy atom. The monoisotopic (exact) mass is 584 g/mol. The number of nitrogens with one attached hydrogen (secondary N) is 2. The summed E-state index contributed by atoms with van der Waals surface area (Å²) in [6, 6.07) is 17.9. The van der Waals surface area contributed by atoms with E-state index in [2.05, 4.69) is 25.8 Å². The summed E-state index contributed by atoms with van der Waals surface area (Å²) in [6.45, 7) is 0.279. The third-order valence-corrected chi connectivity index (χ3v) is 6.88. The SMILES string of the molecule is COc1ccc2cc1OCC(=O)NCc1cc(C(=O)NCCc3nc(-c4ccc(Cl)cc4)no3)cc(c1)-n1ccnc1-2. The van der Waals surface area contributed by atoms with Crippen molar-refractivity contribution in [3.05, 3.63) is 95.1 Å². The van der Waals surface area contributed by atoms with Crippen LogP contribution in [-0.2, 0) is 17.8 Å². The van der Waals surface area contributed by atoms with E-state index in [1.165, 1.54) is 7.11 Å². The lowest BCUT2D eigenvalue weighted by Crippen LogP contribution is -2.29. The van der Waals surface area contributed by atoms with Crippen LogP contribution in [0.15, 0.2) is 77.6 Å². The van der Waals surface area contributed by atoms with E-state index in [0.717, 1.165) is 16.7 Å². The number of benzene rings is 3. The van der Waals surface area contributed by atoms with Crippen molar-refractivity contribution in [3.8, 4) is 40.0 Å². The molecular formula is C30H25ClN6O5. The van der Waals surface area contributed by atoms with Crippen LogP contribution in [-0.4, -0.2) is 51.8 Å². The first kappa shape index (κ1) is 27.0. The van der Waals surface area contributed by atoms with Crippen LogP contribution in [0.2, 0.25) is 5.02 Å². The van der Waals surface area contributed by atoms with Crippen LogP contribution < -0.4 is 20.1 Å². The maximum atomic E-state index is 13.3. The first-order valence-electron chi connectivity index (χ1n) is 13.1. The van der Waals surface area contributed by atoms with Crippen molar-refractivity contribution in [2.75, 3.05) is 20.3 Å². The Labute approximate surface area is 245 Å². The number of aromatic nitrogens is 4. The molecule has 0 spiro atoms. The standard InChI is InChI=1S/C30H25ClN6O5/c1-40-24-7-4-20-15-25(24)41-17-26(38)34-16-18-12-21(14-23(13-18)37-11-10-32-29(20)37)30(39)33-9-8-27-35-28(36-42-27)19-2-5-22(31)6-3-19/h2-7,10-15H,8-9,16-17H2,1H3,(H,33,39)(H,34,38). The molecule has 4 bridgehead atoms. The van der Waals surface area contributed by atoms with E-state index >= 15 is 0 Å². The first-order valence-corrected chi connectivity index (χ1v) is 13.5. The Morgan fingerprint density at radius 1 is 1.12 bits per heavy atom. The van der Waals surface area contributed by atoms with Gasteiger partial charge in [0.2, 0.25) is 11.7 Å². The molecule has 3 aromatic carbocycles. The van der Waals surface area contributed by atoms with Gasteiger partial charge in [0.05, 0.1) is 7.11 Å². The lowest BCUT2D eigenvalue weighted by molar-refractivity contribution is -0.123. The van der Waals surface area contributed by atoms with E-state index in [4.69, 9.17) is 25.6 Å². The summed E-state index contributed by atoms with van der Waals surface area (Å²) < 4.78 is 18.4. The normalized spacial score (nSPS) is 12.6. The Morgan fingerprint density at radius 3 is 2.79 bits per heavy atom. The van der Waals surface area contributed by atoms with Crippen LogP contribution in [0.25, 0.3) is 28.5 Å². The van der Waals surface area contributed by atoms with E-state index in [1.807, 2.05) is 35.0 Å². The highest BCUT2D eigenvalue weighted by Gasteiger charge is 2.18. The number of halogens is 1. The van der Waals surface area contributed by atoms with Gasteiger partial charge in [0, 0.05) is 59.3 Å². The molecule has 0 aliphatic carbocycles. The predicted molar refractivity (Wildman–Crippen MR) is 154 cm³/mol. The molecule has 3 heterocycles. The van der Waals surface area contributed by atoms with Gasteiger partial charge in [0.15, 0.2) is 18.1 Å². The van der Waals surface area contributed by atoms with E-state index in [9.17, 15) is 9.59 Å². The fraction of sp³-hybridized carbons (Fsp3) is 0.167. The zero-order chi connectivity index (χ0) is 29.1. The van der Waals surface area contributed by atoms with Gasteiger partial charge in [0.25, 0.3) is 11.8 Å². The topological polar surface area (TPSA) is 133 Å². The smallest absolute Gasteiger partial charge is 0.258 e. The first-order chi connectivity index (χ1) is 20.5. The number of hydrogen-bond donors (Lipinski definition) is 2. The number of amides is 2. The maximum Gasteiger partial charge on any atom is 0.258 e. The minimum atomic E-state index is -0.312. The summed E-state index contributed by atoms with van der Waals surface area (Å²) in [4.78, 5) is 34.8.